The van der Waals surface area contributed by atoms with E-state index in [4.69, 9.17) is 0 Å². The number of nitrogens with zero attached hydrogens (tertiary/aromatic N) is 1. The minimum absolute atomic E-state index is 0.0846. The molecule has 0 radical (unpaired) electrons. The number of rotatable bonds is 4. The van der Waals surface area contributed by atoms with E-state index in [1.165, 1.54) is 31.4 Å². The van der Waals surface area contributed by atoms with E-state index in [0.29, 0.717) is 16.9 Å². The van der Waals surface area contributed by atoms with Gasteiger partial charge in [0.1, 0.15) is 9.88 Å². The van der Waals surface area contributed by atoms with Crippen LogP contribution in [-0.2, 0) is 10.9 Å². The molecule has 3 rings (SSSR count). The maximum Gasteiger partial charge on any atom is 0.435 e. The van der Waals surface area contributed by atoms with E-state index < -0.39 is 28.6 Å². The number of amides is 1. The van der Waals surface area contributed by atoms with Crippen molar-refractivity contribution in [1.82, 2.24) is 4.98 Å². The average Bonchev–Trinajstić information content (AvgIpc) is 3.14. The molecule has 0 bridgehead atoms. The van der Waals surface area contributed by atoms with E-state index in [-0.39, 0.29) is 16.3 Å². The Balaban J connectivity index is 1.95. The molecule has 1 N–H and O–H groups in total. The molecule has 1 heterocycles. The number of hydrogen-bond donors (Lipinski definition) is 1. The Hall–Kier alpha value is -3.20. The molecule has 0 aliphatic heterocycles. The van der Waals surface area contributed by atoms with Crippen molar-refractivity contribution < 1.29 is 27.5 Å². The molecular formula is C19H13F3N2O3S. The van der Waals surface area contributed by atoms with E-state index in [2.05, 4.69) is 15.0 Å². The second-order valence-corrected chi connectivity index (χ2v) is 6.59. The Morgan fingerprint density at radius 3 is 2.43 bits per heavy atom. The summed E-state index contributed by atoms with van der Waals surface area (Å²) in [6.45, 7) is 0. The van der Waals surface area contributed by atoms with Crippen molar-refractivity contribution in [3.8, 4) is 10.6 Å². The molecule has 0 spiro atoms. The number of halogens is 3. The fourth-order valence-electron chi connectivity index (χ4n) is 2.40. The number of alkyl halides is 3. The van der Waals surface area contributed by atoms with Crippen LogP contribution >= 0.6 is 11.3 Å². The molecule has 0 unspecified atom stereocenters. The minimum atomic E-state index is -4.79. The lowest BCUT2D eigenvalue weighted by Crippen LogP contribution is -2.17. The van der Waals surface area contributed by atoms with Crippen LogP contribution < -0.4 is 5.32 Å². The second-order valence-electron chi connectivity index (χ2n) is 5.59. The number of methoxy groups -OCH3 is 1. The molecule has 144 valence electrons. The molecule has 2 aromatic carbocycles. The highest BCUT2D eigenvalue weighted by Crippen LogP contribution is 2.38. The molecule has 1 aromatic heterocycles. The third kappa shape index (κ3) is 4.20. The normalized spacial score (nSPS) is 11.1. The number of aromatic nitrogens is 1. The van der Waals surface area contributed by atoms with Crippen molar-refractivity contribution in [2.24, 2.45) is 0 Å². The van der Waals surface area contributed by atoms with Gasteiger partial charge in [0.15, 0.2) is 5.69 Å². The zero-order valence-electron chi connectivity index (χ0n) is 14.4. The SMILES string of the molecule is COC(=O)c1cccc(NC(=O)c2sc(-c3ccccc3)nc2C(F)(F)F)c1. The van der Waals surface area contributed by atoms with Crippen LogP contribution in [0.1, 0.15) is 25.7 Å². The third-order valence-electron chi connectivity index (χ3n) is 3.66. The fourth-order valence-corrected chi connectivity index (χ4v) is 3.39. The summed E-state index contributed by atoms with van der Waals surface area (Å²) in [5.41, 5.74) is -0.455. The van der Waals surface area contributed by atoms with Crippen LogP contribution in [0.15, 0.2) is 54.6 Å². The number of carbonyl (C=O) groups excluding carboxylic acids is 2. The first kappa shape index (κ1) is 19.6. The van der Waals surface area contributed by atoms with E-state index in [1.807, 2.05) is 0 Å². The van der Waals surface area contributed by atoms with Crippen LogP contribution in [0.4, 0.5) is 18.9 Å². The van der Waals surface area contributed by atoms with E-state index in [0.717, 1.165) is 0 Å². The van der Waals surface area contributed by atoms with Gasteiger partial charge >= 0.3 is 12.1 Å². The van der Waals surface area contributed by atoms with Gasteiger partial charge in [0.25, 0.3) is 5.91 Å². The van der Waals surface area contributed by atoms with Crippen molar-refractivity contribution in [2.45, 2.75) is 6.18 Å². The Morgan fingerprint density at radius 1 is 1.07 bits per heavy atom. The lowest BCUT2D eigenvalue weighted by Gasteiger charge is -2.08. The van der Waals surface area contributed by atoms with E-state index in [1.54, 1.807) is 30.3 Å². The lowest BCUT2D eigenvalue weighted by atomic mass is 10.2. The zero-order valence-corrected chi connectivity index (χ0v) is 15.2. The van der Waals surface area contributed by atoms with Crippen LogP contribution in [0.2, 0.25) is 0 Å². The smallest absolute Gasteiger partial charge is 0.435 e. The number of esters is 1. The predicted molar refractivity (Wildman–Crippen MR) is 98.3 cm³/mol. The highest BCUT2D eigenvalue weighted by molar-refractivity contribution is 7.17. The summed E-state index contributed by atoms with van der Waals surface area (Å²) < 4.78 is 44.8. The van der Waals surface area contributed by atoms with Gasteiger partial charge in [-0.25, -0.2) is 9.78 Å². The molecule has 0 aliphatic carbocycles. The number of nitrogens with one attached hydrogen (secondary N) is 1. The Bertz CT molecular complexity index is 1020. The van der Waals surface area contributed by atoms with Crippen molar-refractivity contribution in [2.75, 3.05) is 12.4 Å². The summed E-state index contributed by atoms with van der Waals surface area (Å²) >= 11 is 0.647. The van der Waals surface area contributed by atoms with Crippen LogP contribution in [0.25, 0.3) is 10.6 Å². The standard InChI is InChI=1S/C19H13F3N2O3S/c1-27-18(26)12-8-5-9-13(10-12)23-16(25)14-15(19(20,21)22)24-17(28-14)11-6-3-2-4-7-11/h2-10H,1H3,(H,23,25). The average molecular weight is 406 g/mol. The Morgan fingerprint density at radius 2 is 1.79 bits per heavy atom. The molecule has 28 heavy (non-hydrogen) atoms. The van der Waals surface area contributed by atoms with Crippen molar-refractivity contribution in [3.63, 3.8) is 0 Å². The highest BCUT2D eigenvalue weighted by Gasteiger charge is 2.39. The fraction of sp³-hybridized carbons (Fsp3) is 0.105. The summed E-state index contributed by atoms with van der Waals surface area (Å²) in [6.07, 6.45) is -4.79. The van der Waals surface area contributed by atoms with Crippen LogP contribution in [0.5, 0.6) is 0 Å². The molecule has 0 saturated carbocycles. The largest absolute Gasteiger partial charge is 0.465 e. The van der Waals surface area contributed by atoms with Gasteiger partial charge in [0.05, 0.1) is 12.7 Å². The van der Waals surface area contributed by atoms with Gasteiger partial charge < -0.3 is 10.1 Å². The molecule has 0 atom stereocenters. The topological polar surface area (TPSA) is 68.3 Å². The summed E-state index contributed by atoms with van der Waals surface area (Å²) in [7, 11) is 1.20. The first-order valence-electron chi connectivity index (χ1n) is 7.93. The van der Waals surface area contributed by atoms with E-state index in [9.17, 15) is 22.8 Å². The first-order chi connectivity index (χ1) is 13.3. The van der Waals surface area contributed by atoms with Crippen LogP contribution in [-0.4, -0.2) is 24.0 Å². The second kappa shape index (κ2) is 7.81. The summed E-state index contributed by atoms with van der Waals surface area (Å²) in [5, 5.41) is 2.46. The molecule has 0 fully saturated rings. The van der Waals surface area contributed by atoms with Gasteiger partial charge in [-0.2, -0.15) is 13.2 Å². The van der Waals surface area contributed by atoms with Gasteiger partial charge in [-0.1, -0.05) is 36.4 Å². The van der Waals surface area contributed by atoms with Crippen LogP contribution in [0, 0.1) is 0 Å². The molecule has 9 heteroatoms. The molecule has 5 nitrogen and oxygen atoms in total. The molecule has 3 aromatic rings. The number of carbonyl (C=O) groups is 2. The highest BCUT2D eigenvalue weighted by atomic mass is 32.1. The summed E-state index contributed by atoms with van der Waals surface area (Å²) in [5.74, 6) is -1.59. The monoisotopic (exact) mass is 406 g/mol. The van der Waals surface area contributed by atoms with Gasteiger partial charge in [-0.15, -0.1) is 11.3 Å². The van der Waals surface area contributed by atoms with Gasteiger partial charge in [-0.3, -0.25) is 4.79 Å². The number of ether oxygens (including phenoxy) is 1. The van der Waals surface area contributed by atoms with Gasteiger partial charge in [0.2, 0.25) is 0 Å². The maximum absolute atomic E-state index is 13.4. The Labute approximate surface area is 161 Å². The number of anilines is 1. The van der Waals surface area contributed by atoms with Crippen molar-refractivity contribution in [1.29, 1.82) is 0 Å². The molecule has 0 saturated heterocycles. The summed E-state index contributed by atoms with van der Waals surface area (Å²) in [4.78, 5) is 27.2. The maximum atomic E-state index is 13.4. The van der Waals surface area contributed by atoms with Gasteiger partial charge in [0, 0.05) is 11.3 Å². The predicted octanol–water partition coefficient (Wildman–Crippen LogP) is 4.87. The Kier molecular flexibility index (Phi) is 5.46. The number of hydrogen-bond acceptors (Lipinski definition) is 5. The number of benzene rings is 2. The molecule has 0 aliphatic rings. The quantitative estimate of drug-likeness (QED) is 0.628. The molecular weight excluding hydrogens is 393 g/mol. The zero-order chi connectivity index (χ0) is 20.3. The lowest BCUT2D eigenvalue weighted by molar-refractivity contribution is -0.141. The summed E-state index contributed by atoms with van der Waals surface area (Å²) in [6, 6.07) is 14.0. The van der Waals surface area contributed by atoms with Crippen molar-refractivity contribution in [3.05, 3.63) is 70.7 Å². The van der Waals surface area contributed by atoms with E-state index >= 15 is 0 Å². The van der Waals surface area contributed by atoms with Crippen molar-refractivity contribution >= 4 is 28.9 Å². The molecule has 1 amide bonds. The number of thiazole rings is 1. The minimum Gasteiger partial charge on any atom is -0.465 e. The van der Waals surface area contributed by atoms with Gasteiger partial charge in [-0.05, 0) is 18.2 Å². The first-order valence-corrected chi connectivity index (χ1v) is 8.74. The third-order valence-corrected chi connectivity index (χ3v) is 4.77. The van der Waals surface area contributed by atoms with Crippen LogP contribution in [0.3, 0.4) is 0 Å².